The van der Waals surface area contributed by atoms with Crippen molar-refractivity contribution in [1.29, 1.82) is 0 Å². The summed E-state index contributed by atoms with van der Waals surface area (Å²) in [6.07, 6.45) is 0. The molecule has 0 spiro atoms. The first-order chi connectivity index (χ1) is 11.3. The average molecular weight is 498 g/mol. The molecule has 2 rings (SSSR count). The van der Waals surface area contributed by atoms with Crippen LogP contribution in [0.2, 0.25) is 5.02 Å². The Labute approximate surface area is 161 Å². The SMILES string of the molecule is COC(=O)CN(c1ccc(Br)cc1Cl)S(=O)(=O)c1ccc(Br)cc1. The van der Waals surface area contributed by atoms with E-state index in [1.54, 1.807) is 24.3 Å². The third-order valence-corrected chi connectivity index (χ3v) is 6.18. The van der Waals surface area contributed by atoms with E-state index in [9.17, 15) is 13.2 Å². The zero-order valence-electron chi connectivity index (χ0n) is 12.4. The molecule has 0 fully saturated rings. The molecular formula is C15H12Br2ClNO4S. The number of sulfonamides is 1. The lowest BCUT2D eigenvalue weighted by atomic mass is 10.3. The summed E-state index contributed by atoms with van der Waals surface area (Å²) in [5.74, 6) is -0.699. The molecule has 0 amide bonds. The highest BCUT2D eigenvalue weighted by Gasteiger charge is 2.29. The van der Waals surface area contributed by atoms with Crippen molar-refractivity contribution in [2.24, 2.45) is 0 Å². The van der Waals surface area contributed by atoms with E-state index in [1.807, 2.05) is 0 Å². The fourth-order valence-corrected chi connectivity index (χ4v) is 4.42. The minimum atomic E-state index is -4.00. The Bertz CT molecular complexity index is 856. The number of carbonyl (C=O) groups excluding carboxylic acids is 1. The lowest BCUT2D eigenvalue weighted by Gasteiger charge is -2.24. The Kier molecular flexibility index (Phi) is 6.30. The highest BCUT2D eigenvalue weighted by molar-refractivity contribution is 9.10. The van der Waals surface area contributed by atoms with Gasteiger partial charge in [-0.25, -0.2) is 8.42 Å². The van der Waals surface area contributed by atoms with Crippen molar-refractivity contribution >= 4 is 65.1 Å². The van der Waals surface area contributed by atoms with Crippen molar-refractivity contribution in [3.05, 3.63) is 56.4 Å². The third-order valence-electron chi connectivity index (χ3n) is 3.08. The molecule has 5 nitrogen and oxygen atoms in total. The molecule has 2 aromatic carbocycles. The molecule has 0 aromatic heterocycles. The van der Waals surface area contributed by atoms with Gasteiger partial charge < -0.3 is 4.74 Å². The number of rotatable bonds is 5. The molecule has 2 aromatic rings. The fourth-order valence-electron chi connectivity index (χ4n) is 1.90. The predicted molar refractivity (Wildman–Crippen MR) is 99.8 cm³/mol. The number of halogens is 3. The maximum Gasteiger partial charge on any atom is 0.326 e. The zero-order valence-corrected chi connectivity index (χ0v) is 17.1. The van der Waals surface area contributed by atoms with Crippen LogP contribution in [0.4, 0.5) is 5.69 Å². The Balaban J connectivity index is 2.57. The molecule has 0 aliphatic heterocycles. The number of esters is 1. The van der Waals surface area contributed by atoms with Gasteiger partial charge in [-0.2, -0.15) is 0 Å². The first-order valence-corrected chi connectivity index (χ1v) is 9.96. The maximum atomic E-state index is 13.0. The monoisotopic (exact) mass is 495 g/mol. The summed E-state index contributed by atoms with van der Waals surface area (Å²) in [6, 6.07) is 10.8. The molecule has 0 heterocycles. The van der Waals surface area contributed by atoms with E-state index in [0.717, 1.165) is 8.78 Å². The van der Waals surface area contributed by atoms with E-state index in [4.69, 9.17) is 11.6 Å². The Morgan fingerprint density at radius 3 is 2.25 bits per heavy atom. The molecule has 0 radical (unpaired) electrons. The van der Waals surface area contributed by atoms with Crippen LogP contribution in [0.5, 0.6) is 0 Å². The second-order valence-electron chi connectivity index (χ2n) is 4.64. The van der Waals surface area contributed by atoms with Gasteiger partial charge in [0.1, 0.15) is 6.54 Å². The van der Waals surface area contributed by atoms with Crippen molar-refractivity contribution < 1.29 is 17.9 Å². The van der Waals surface area contributed by atoms with Crippen molar-refractivity contribution in [1.82, 2.24) is 0 Å². The number of ether oxygens (including phenoxy) is 1. The highest BCUT2D eigenvalue weighted by Crippen LogP contribution is 2.33. The van der Waals surface area contributed by atoms with Crippen LogP contribution >= 0.6 is 43.5 Å². The lowest BCUT2D eigenvalue weighted by molar-refractivity contribution is -0.138. The first-order valence-electron chi connectivity index (χ1n) is 6.56. The molecule has 0 bridgehead atoms. The summed E-state index contributed by atoms with van der Waals surface area (Å²) in [6.45, 7) is -0.490. The van der Waals surface area contributed by atoms with Gasteiger partial charge >= 0.3 is 5.97 Å². The lowest BCUT2D eigenvalue weighted by Crippen LogP contribution is -2.36. The smallest absolute Gasteiger partial charge is 0.326 e. The minimum Gasteiger partial charge on any atom is -0.468 e. The molecular weight excluding hydrogens is 485 g/mol. The van der Waals surface area contributed by atoms with Gasteiger partial charge in [0.15, 0.2) is 0 Å². The number of hydrogen-bond donors (Lipinski definition) is 0. The second kappa shape index (κ2) is 7.86. The molecule has 9 heteroatoms. The van der Waals surface area contributed by atoms with Crippen LogP contribution in [-0.2, 0) is 19.6 Å². The van der Waals surface area contributed by atoms with E-state index in [-0.39, 0.29) is 15.6 Å². The van der Waals surface area contributed by atoms with Crippen LogP contribution in [0.25, 0.3) is 0 Å². The summed E-state index contributed by atoms with van der Waals surface area (Å²) in [4.78, 5) is 11.8. The number of hydrogen-bond acceptors (Lipinski definition) is 4. The average Bonchev–Trinajstić information content (AvgIpc) is 2.53. The Morgan fingerprint density at radius 1 is 1.12 bits per heavy atom. The third kappa shape index (κ3) is 4.30. The number of carbonyl (C=O) groups is 1. The molecule has 0 saturated carbocycles. The topological polar surface area (TPSA) is 63.7 Å². The largest absolute Gasteiger partial charge is 0.468 e. The molecule has 0 N–H and O–H groups in total. The van der Waals surface area contributed by atoms with Gasteiger partial charge in [-0.15, -0.1) is 0 Å². The van der Waals surface area contributed by atoms with Crippen LogP contribution in [0.15, 0.2) is 56.3 Å². The summed E-state index contributed by atoms with van der Waals surface area (Å²) in [5.41, 5.74) is 0.188. The molecule has 0 unspecified atom stereocenters. The van der Waals surface area contributed by atoms with Gasteiger partial charge in [-0.05, 0) is 42.5 Å². The van der Waals surface area contributed by atoms with Gasteiger partial charge in [-0.3, -0.25) is 9.10 Å². The number of benzene rings is 2. The number of nitrogens with zero attached hydrogens (tertiary/aromatic N) is 1. The van der Waals surface area contributed by atoms with E-state index >= 15 is 0 Å². The van der Waals surface area contributed by atoms with Crippen molar-refractivity contribution in [3.63, 3.8) is 0 Å². The van der Waals surface area contributed by atoms with Gasteiger partial charge in [0.25, 0.3) is 10.0 Å². The van der Waals surface area contributed by atoms with Crippen molar-refractivity contribution in [2.45, 2.75) is 4.90 Å². The molecule has 0 aliphatic carbocycles. The zero-order chi connectivity index (χ0) is 17.9. The van der Waals surface area contributed by atoms with Crippen molar-refractivity contribution in [3.8, 4) is 0 Å². The highest BCUT2D eigenvalue weighted by atomic mass is 79.9. The normalized spacial score (nSPS) is 11.2. The van der Waals surface area contributed by atoms with E-state index in [2.05, 4.69) is 36.6 Å². The molecule has 24 heavy (non-hydrogen) atoms. The summed E-state index contributed by atoms with van der Waals surface area (Å²) >= 11 is 12.7. The van der Waals surface area contributed by atoms with Crippen LogP contribution in [0.3, 0.4) is 0 Å². The minimum absolute atomic E-state index is 0.0357. The predicted octanol–water partition coefficient (Wildman–Crippen LogP) is 4.23. The summed E-state index contributed by atoms with van der Waals surface area (Å²) in [5, 5.41) is 0.189. The van der Waals surface area contributed by atoms with E-state index < -0.39 is 22.5 Å². The van der Waals surface area contributed by atoms with Crippen LogP contribution in [0.1, 0.15) is 0 Å². The summed E-state index contributed by atoms with van der Waals surface area (Å²) < 4.78 is 32.9. The quantitative estimate of drug-likeness (QED) is 0.580. The molecule has 128 valence electrons. The second-order valence-corrected chi connectivity index (χ2v) is 8.74. The van der Waals surface area contributed by atoms with E-state index in [1.165, 1.54) is 25.3 Å². The first kappa shape index (κ1) is 19.2. The van der Waals surface area contributed by atoms with Gasteiger partial charge in [0.2, 0.25) is 0 Å². The van der Waals surface area contributed by atoms with Crippen LogP contribution < -0.4 is 4.31 Å². The van der Waals surface area contributed by atoms with Crippen LogP contribution in [0, 0.1) is 0 Å². The van der Waals surface area contributed by atoms with Gasteiger partial charge in [0, 0.05) is 8.95 Å². The standard InChI is InChI=1S/C15H12Br2ClNO4S/c1-23-15(20)9-19(14-7-4-11(17)8-13(14)18)24(21,22)12-5-2-10(16)3-6-12/h2-8H,9H2,1H3. The van der Waals surface area contributed by atoms with Crippen molar-refractivity contribution in [2.75, 3.05) is 18.0 Å². The van der Waals surface area contributed by atoms with Crippen LogP contribution in [-0.4, -0.2) is 28.0 Å². The van der Waals surface area contributed by atoms with E-state index in [0.29, 0.717) is 4.47 Å². The molecule has 0 atom stereocenters. The van der Waals surface area contributed by atoms with Gasteiger partial charge in [-0.1, -0.05) is 43.5 Å². The Hall–Kier alpha value is -1.09. The van der Waals surface area contributed by atoms with Gasteiger partial charge in [0.05, 0.1) is 22.7 Å². The number of anilines is 1. The number of methoxy groups -OCH3 is 1. The fraction of sp³-hybridized carbons (Fsp3) is 0.133. The molecule has 0 saturated heterocycles. The molecule has 0 aliphatic rings. The summed E-state index contributed by atoms with van der Waals surface area (Å²) in [7, 11) is -2.81. The maximum absolute atomic E-state index is 13.0. The Morgan fingerprint density at radius 2 is 1.71 bits per heavy atom.